The topological polar surface area (TPSA) is 29.5 Å². The van der Waals surface area contributed by atoms with Gasteiger partial charge in [0.15, 0.2) is 0 Å². The molecular weight excluding hydrogens is 276 g/mol. The fourth-order valence-corrected chi connectivity index (χ4v) is 8.78. The third kappa shape index (κ3) is 3.58. The van der Waals surface area contributed by atoms with E-state index in [0.29, 0.717) is 16.6 Å². The van der Waals surface area contributed by atoms with Crippen LogP contribution < -0.4 is 4.43 Å². The predicted octanol–water partition coefficient (Wildman–Crippen LogP) is 5.38. The Balaban J connectivity index is 3.24. The van der Waals surface area contributed by atoms with Crippen molar-refractivity contribution in [1.82, 2.24) is 0 Å². The fraction of sp³-hybridized carbons (Fsp3) is 0.556. The minimum Gasteiger partial charge on any atom is -0.543 e. The average Bonchev–Trinajstić information content (AvgIpc) is 2.43. The number of rotatable bonds is 7. The molecule has 0 aromatic heterocycles. The zero-order chi connectivity index (χ0) is 16.2. The molecule has 1 aromatic rings. The van der Waals surface area contributed by atoms with Crippen molar-refractivity contribution in [1.29, 1.82) is 0 Å². The Kier molecular flexibility index (Phi) is 6.23. The first-order chi connectivity index (χ1) is 9.79. The molecule has 0 fully saturated rings. The van der Waals surface area contributed by atoms with Gasteiger partial charge < -0.3 is 9.53 Å². The van der Waals surface area contributed by atoms with Crippen molar-refractivity contribution in [3.05, 3.63) is 35.9 Å². The zero-order valence-electron chi connectivity index (χ0n) is 14.3. The van der Waals surface area contributed by atoms with Crippen LogP contribution in [0.15, 0.2) is 24.8 Å². The Morgan fingerprint density at radius 3 is 2.00 bits per heavy atom. The standard InChI is InChI=1S/C18H30O2Si/c1-8-16-9-10-18(11-17(16)12-19)20-21(13(2)3,14(4)5)15(6)7/h8-11,13-15,19H,1,12H2,2-7H3. The van der Waals surface area contributed by atoms with Gasteiger partial charge in [0.05, 0.1) is 6.61 Å². The first-order valence-electron chi connectivity index (χ1n) is 7.84. The van der Waals surface area contributed by atoms with Crippen LogP contribution in [0.3, 0.4) is 0 Å². The molecule has 21 heavy (non-hydrogen) atoms. The smallest absolute Gasteiger partial charge is 0.258 e. The lowest BCUT2D eigenvalue weighted by atomic mass is 10.1. The van der Waals surface area contributed by atoms with Gasteiger partial charge in [-0.15, -0.1) is 0 Å². The molecule has 0 radical (unpaired) electrons. The molecule has 3 heteroatoms. The third-order valence-electron chi connectivity index (χ3n) is 4.51. The molecular formula is C18H30O2Si. The Labute approximate surface area is 131 Å². The highest BCUT2D eigenvalue weighted by molar-refractivity contribution is 6.78. The normalized spacial score (nSPS) is 12.3. The molecule has 0 saturated heterocycles. The van der Waals surface area contributed by atoms with Gasteiger partial charge in [0.25, 0.3) is 8.32 Å². The second-order valence-electron chi connectivity index (χ2n) is 6.64. The Bertz CT molecular complexity index is 456. The maximum atomic E-state index is 9.51. The fourth-order valence-electron chi connectivity index (χ4n) is 3.54. The monoisotopic (exact) mass is 306 g/mol. The summed E-state index contributed by atoms with van der Waals surface area (Å²) < 4.78 is 6.62. The van der Waals surface area contributed by atoms with E-state index in [4.69, 9.17) is 4.43 Å². The number of aliphatic hydroxyl groups is 1. The van der Waals surface area contributed by atoms with Crippen molar-refractivity contribution in [3.8, 4) is 5.75 Å². The summed E-state index contributed by atoms with van der Waals surface area (Å²) in [5.41, 5.74) is 3.45. The first-order valence-corrected chi connectivity index (χ1v) is 9.98. The highest BCUT2D eigenvalue weighted by atomic mass is 28.4. The van der Waals surface area contributed by atoms with E-state index in [9.17, 15) is 5.11 Å². The van der Waals surface area contributed by atoms with E-state index in [1.54, 1.807) is 6.08 Å². The highest BCUT2D eigenvalue weighted by Crippen LogP contribution is 2.42. The molecule has 0 aliphatic rings. The molecule has 0 saturated carbocycles. The van der Waals surface area contributed by atoms with Crippen LogP contribution in [0.4, 0.5) is 0 Å². The molecule has 0 amide bonds. The quantitative estimate of drug-likeness (QED) is 0.686. The molecule has 2 nitrogen and oxygen atoms in total. The Morgan fingerprint density at radius 1 is 1.10 bits per heavy atom. The SMILES string of the molecule is C=Cc1ccc(O[Si](C(C)C)(C(C)C)C(C)C)cc1CO. The largest absolute Gasteiger partial charge is 0.543 e. The van der Waals surface area contributed by atoms with Crippen molar-refractivity contribution < 1.29 is 9.53 Å². The number of aliphatic hydroxyl groups excluding tert-OH is 1. The molecule has 0 aliphatic carbocycles. The maximum Gasteiger partial charge on any atom is 0.258 e. The summed E-state index contributed by atoms with van der Waals surface area (Å²) >= 11 is 0. The second kappa shape index (κ2) is 7.28. The van der Waals surface area contributed by atoms with Crippen molar-refractivity contribution in [3.63, 3.8) is 0 Å². The van der Waals surface area contributed by atoms with Gasteiger partial charge in [-0.3, -0.25) is 0 Å². The van der Waals surface area contributed by atoms with Crippen molar-refractivity contribution in [2.24, 2.45) is 0 Å². The van der Waals surface area contributed by atoms with Crippen molar-refractivity contribution in [2.45, 2.75) is 64.8 Å². The van der Waals surface area contributed by atoms with E-state index >= 15 is 0 Å². The van der Waals surface area contributed by atoms with E-state index in [-0.39, 0.29) is 6.61 Å². The molecule has 0 unspecified atom stereocenters. The van der Waals surface area contributed by atoms with Gasteiger partial charge in [0, 0.05) is 0 Å². The minimum atomic E-state index is -1.94. The van der Waals surface area contributed by atoms with Crippen LogP contribution in [-0.4, -0.2) is 13.4 Å². The van der Waals surface area contributed by atoms with Gasteiger partial charge in [-0.05, 0) is 39.9 Å². The number of hydrogen-bond donors (Lipinski definition) is 1. The molecule has 0 heterocycles. The lowest BCUT2D eigenvalue weighted by molar-refractivity contribution is 0.281. The molecule has 1 aromatic carbocycles. The summed E-state index contributed by atoms with van der Waals surface area (Å²) in [5, 5.41) is 9.51. The van der Waals surface area contributed by atoms with Crippen LogP contribution in [0.5, 0.6) is 5.75 Å². The van der Waals surface area contributed by atoms with Gasteiger partial charge in [-0.2, -0.15) is 0 Å². The van der Waals surface area contributed by atoms with E-state index in [0.717, 1.165) is 16.9 Å². The summed E-state index contributed by atoms with van der Waals surface area (Å²) in [5.74, 6) is 0.882. The second-order valence-corrected chi connectivity index (χ2v) is 12.0. The predicted molar refractivity (Wildman–Crippen MR) is 94.1 cm³/mol. The molecule has 0 spiro atoms. The highest BCUT2D eigenvalue weighted by Gasteiger charge is 2.46. The van der Waals surface area contributed by atoms with Crippen LogP contribution in [0, 0.1) is 0 Å². The van der Waals surface area contributed by atoms with Crippen molar-refractivity contribution in [2.75, 3.05) is 0 Å². The van der Waals surface area contributed by atoms with Gasteiger partial charge in [-0.1, -0.05) is 60.3 Å². The lowest BCUT2D eigenvalue weighted by Gasteiger charge is -2.42. The lowest BCUT2D eigenvalue weighted by Crippen LogP contribution is -2.50. The summed E-state index contributed by atoms with van der Waals surface area (Å²) in [6.45, 7) is 17.4. The van der Waals surface area contributed by atoms with Gasteiger partial charge >= 0.3 is 0 Å². The molecule has 0 aliphatic heterocycles. The average molecular weight is 307 g/mol. The Hall–Kier alpha value is -1.06. The Morgan fingerprint density at radius 2 is 1.62 bits per heavy atom. The van der Waals surface area contributed by atoms with Crippen LogP contribution in [0.25, 0.3) is 6.08 Å². The zero-order valence-corrected chi connectivity index (χ0v) is 15.3. The van der Waals surface area contributed by atoms with E-state index < -0.39 is 8.32 Å². The number of benzene rings is 1. The minimum absolute atomic E-state index is 0.0120. The summed E-state index contributed by atoms with van der Waals surface area (Å²) in [4.78, 5) is 0. The van der Waals surface area contributed by atoms with Gasteiger partial charge in [-0.25, -0.2) is 0 Å². The van der Waals surface area contributed by atoms with E-state index in [2.05, 4.69) is 48.1 Å². The van der Waals surface area contributed by atoms with Gasteiger partial charge in [0.2, 0.25) is 0 Å². The number of hydrogen-bond acceptors (Lipinski definition) is 2. The van der Waals surface area contributed by atoms with Crippen molar-refractivity contribution >= 4 is 14.4 Å². The molecule has 0 atom stereocenters. The van der Waals surface area contributed by atoms with Crippen LogP contribution >= 0.6 is 0 Å². The van der Waals surface area contributed by atoms with Crippen LogP contribution in [0.1, 0.15) is 52.7 Å². The summed E-state index contributed by atoms with van der Waals surface area (Å²) in [7, 11) is -1.94. The third-order valence-corrected chi connectivity index (χ3v) is 10.5. The van der Waals surface area contributed by atoms with Gasteiger partial charge in [0.1, 0.15) is 5.75 Å². The molecule has 1 N–H and O–H groups in total. The van der Waals surface area contributed by atoms with E-state index in [1.807, 2.05) is 18.2 Å². The molecule has 118 valence electrons. The summed E-state index contributed by atoms with van der Waals surface area (Å²) in [6.07, 6.45) is 1.77. The van der Waals surface area contributed by atoms with Crippen LogP contribution in [0.2, 0.25) is 16.6 Å². The summed E-state index contributed by atoms with van der Waals surface area (Å²) in [6, 6.07) is 5.95. The maximum absolute atomic E-state index is 9.51. The van der Waals surface area contributed by atoms with E-state index in [1.165, 1.54) is 0 Å². The van der Waals surface area contributed by atoms with Crippen LogP contribution in [-0.2, 0) is 6.61 Å². The molecule has 1 rings (SSSR count). The first kappa shape index (κ1) is 18.0. The molecule has 0 bridgehead atoms.